The van der Waals surface area contributed by atoms with E-state index < -0.39 is 11.5 Å². The molecule has 186 valence electrons. The van der Waals surface area contributed by atoms with Gasteiger partial charge in [-0.3, -0.25) is 0 Å². The predicted octanol–water partition coefficient (Wildman–Crippen LogP) is 10.0. The minimum absolute atomic E-state index is 0.0127. The molecule has 8 rings (SSSR count). The van der Waals surface area contributed by atoms with Crippen molar-refractivity contribution in [1.29, 1.82) is 0 Å². The Morgan fingerprint density at radius 2 is 1.38 bits per heavy atom. The van der Waals surface area contributed by atoms with Crippen LogP contribution < -0.4 is 4.74 Å². The molecule has 0 aliphatic carbocycles. The van der Waals surface area contributed by atoms with Crippen molar-refractivity contribution < 1.29 is 14.3 Å². The smallest absolute Gasteiger partial charge is 0.131 e. The third-order valence-electron chi connectivity index (χ3n) is 7.84. The van der Waals surface area contributed by atoms with Crippen molar-refractivity contribution in [1.82, 2.24) is 4.57 Å². The van der Waals surface area contributed by atoms with Crippen molar-refractivity contribution >= 4 is 32.6 Å². The molecule has 0 unspecified atom stereocenters. The van der Waals surface area contributed by atoms with Crippen molar-refractivity contribution in [2.24, 2.45) is 0 Å². The van der Waals surface area contributed by atoms with Crippen LogP contribution in [0.25, 0.3) is 49.4 Å². The quantitative estimate of drug-likeness (QED) is 0.227. The molecular formula is C37H27NO. The van der Waals surface area contributed by atoms with Gasteiger partial charge in [-0.25, -0.2) is 0 Å². The first-order valence-electron chi connectivity index (χ1n) is 16.5. The molecule has 0 fully saturated rings. The molecule has 0 amide bonds. The molecule has 0 spiro atoms. The van der Waals surface area contributed by atoms with Crippen LogP contribution in [0.3, 0.4) is 0 Å². The zero-order chi connectivity index (χ0) is 32.2. The second-order valence-corrected chi connectivity index (χ2v) is 10.4. The summed E-state index contributed by atoms with van der Waals surface area (Å²) < 4.78 is 70.1. The molecule has 1 aliphatic rings. The van der Waals surface area contributed by atoms with E-state index in [2.05, 4.69) is 28.8 Å². The van der Waals surface area contributed by atoms with E-state index in [-0.39, 0.29) is 58.9 Å². The van der Waals surface area contributed by atoms with Crippen LogP contribution >= 0.6 is 0 Å². The number of ether oxygens (including phenoxy) is 1. The molecule has 0 bridgehead atoms. The highest BCUT2D eigenvalue weighted by Crippen LogP contribution is 2.49. The fourth-order valence-corrected chi connectivity index (χ4v) is 5.95. The van der Waals surface area contributed by atoms with Gasteiger partial charge in [-0.2, -0.15) is 0 Å². The van der Waals surface area contributed by atoms with Crippen molar-refractivity contribution in [3.8, 4) is 28.3 Å². The van der Waals surface area contributed by atoms with Crippen LogP contribution in [-0.2, 0) is 5.41 Å². The molecule has 0 radical (unpaired) electrons. The zero-order valence-corrected chi connectivity index (χ0v) is 21.4. The third kappa shape index (κ3) is 3.15. The summed E-state index contributed by atoms with van der Waals surface area (Å²) in [7, 11) is 0. The second-order valence-electron chi connectivity index (χ2n) is 10.4. The summed E-state index contributed by atoms with van der Waals surface area (Å²) in [5.74, 6) is -0.0928. The number of fused-ring (bicyclic) bond motifs is 7. The van der Waals surface area contributed by atoms with Crippen LogP contribution in [0.5, 0.6) is 11.5 Å². The lowest BCUT2D eigenvalue weighted by Gasteiger charge is -2.34. The molecule has 7 aromatic rings. The van der Waals surface area contributed by atoms with Crippen LogP contribution in [0, 0.1) is 0 Å². The van der Waals surface area contributed by atoms with E-state index in [4.69, 9.17) is 11.6 Å². The van der Waals surface area contributed by atoms with E-state index in [0.717, 1.165) is 38.3 Å². The van der Waals surface area contributed by atoms with Crippen LogP contribution in [0.2, 0.25) is 0 Å². The summed E-state index contributed by atoms with van der Waals surface area (Å²) in [4.78, 5) is 0. The Morgan fingerprint density at radius 1 is 0.641 bits per heavy atom. The molecule has 6 aromatic carbocycles. The summed E-state index contributed by atoms with van der Waals surface area (Å²) in [6, 6.07) is 26.4. The highest BCUT2D eigenvalue weighted by atomic mass is 16.5. The summed E-state index contributed by atoms with van der Waals surface area (Å²) in [6.07, 6.45) is 0. The van der Waals surface area contributed by atoms with Gasteiger partial charge in [0.1, 0.15) is 11.5 Å². The Balaban J connectivity index is 1.52. The summed E-state index contributed by atoms with van der Waals surface area (Å²) in [5, 5.41) is 4.12. The highest BCUT2D eigenvalue weighted by Gasteiger charge is 2.34. The number of hydrogen-bond acceptors (Lipinski definition) is 1. The van der Waals surface area contributed by atoms with Gasteiger partial charge in [0.15, 0.2) is 0 Å². The van der Waals surface area contributed by atoms with Gasteiger partial charge >= 0.3 is 0 Å². The average molecular weight is 509 g/mol. The van der Waals surface area contributed by atoms with Gasteiger partial charge in [0.25, 0.3) is 0 Å². The molecule has 0 N–H and O–H groups in total. The first-order chi connectivity index (χ1) is 22.0. The SMILES string of the molecule is [2H]c1c([2H])c([2H])c2c(c1[2H])Oc1c([2H])c([2H])c(-c3cccc4c5ccc6ccccc6c5n(-c5ccccc5)c34)c([2H])c1C2(C)C. The summed E-state index contributed by atoms with van der Waals surface area (Å²) in [6.45, 7) is 3.57. The Labute approximate surface area is 237 Å². The van der Waals surface area contributed by atoms with E-state index in [1.165, 1.54) is 0 Å². The number of para-hydroxylation sites is 3. The van der Waals surface area contributed by atoms with E-state index in [1.54, 1.807) is 13.8 Å². The van der Waals surface area contributed by atoms with Crippen LogP contribution in [-0.4, -0.2) is 4.57 Å². The van der Waals surface area contributed by atoms with Crippen LogP contribution in [0.15, 0.2) is 127 Å². The number of aromatic nitrogens is 1. The predicted molar refractivity (Wildman–Crippen MR) is 162 cm³/mol. The van der Waals surface area contributed by atoms with Crippen molar-refractivity contribution in [3.63, 3.8) is 0 Å². The number of benzene rings is 6. The maximum Gasteiger partial charge on any atom is 0.131 e. The fourth-order valence-electron chi connectivity index (χ4n) is 5.95. The normalized spacial score (nSPS) is 16.3. The van der Waals surface area contributed by atoms with Gasteiger partial charge in [-0.15, -0.1) is 0 Å². The van der Waals surface area contributed by atoms with Gasteiger partial charge in [-0.1, -0.05) is 111 Å². The summed E-state index contributed by atoms with van der Waals surface area (Å²) >= 11 is 0. The molecule has 0 saturated carbocycles. The van der Waals surface area contributed by atoms with Crippen molar-refractivity contribution in [2.45, 2.75) is 19.3 Å². The molecule has 1 aromatic heterocycles. The molecule has 2 heterocycles. The minimum atomic E-state index is -1.13. The maximum absolute atomic E-state index is 9.65. The van der Waals surface area contributed by atoms with Gasteiger partial charge in [0, 0.05) is 44.0 Å². The number of hydrogen-bond donors (Lipinski definition) is 0. The first-order valence-corrected chi connectivity index (χ1v) is 13.0. The molecule has 39 heavy (non-hydrogen) atoms. The number of nitrogens with zero attached hydrogens (tertiary/aromatic N) is 1. The van der Waals surface area contributed by atoms with Gasteiger partial charge in [0.05, 0.1) is 20.6 Å². The zero-order valence-electron chi connectivity index (χ0n) is 28.4. The molecule has 0 saturated heterocycles. The lowest BCUT2D eigenvalue weighted by Crippen LogP contribution is -2.24. The van der Waals surface area contributed by atoms with Crippen molar-refractivity contribution in [2.75, 3.05) is 0 Å². The fraction of sp³-hybridized carbons (Fsp3) is 0.0811. The largest absolute Gasteiger partial charge is 0.457 e. The van der Waals surface area contributed by atoms with Gasteiger partial charge in [-0.05, 0) is 41.2 Å². The number of rotatable bonds is 2. The monoisotopic (exact) mass is 508 g/mol. The van der Waals surface area contributed by atoms with E-state index >= 15 is 0 Å². The topological polar surface area (TPSA) is 14.2 Å². The first kappa shape index (κ1) is 16.2. The second kappa shape index (κ2) is 8.09. The summed E-state index contributed by atoms with van der Waals surface area (Å²) in [5.41, 5.74) is 3.01. The van der Waals surface area contributed by atoms with Crippen molar-refractivity contribution in [3.05, 3.63) is 138 Å². The highest BCUT2D eigenvalue weighted by molar-refractivity contribution is 6.21. The van der Waals surface area contributed by atoms with Gasteiger partial charge in [0.2, 0.25) is 0 Å². The maximum atomic E-state index is 9.65. The molecule has 1 aliphatic heterocycles. The standard InChI is InChI=1S/C37H27NO/c1-37(2)31-17-8-9-18-33(31)39-34-22-20-25(23-32(34)37)28-15-10-16-29-30-21-19-24-11-6-7-14-27(24)35(30)38(36(28)29)26-12-4-3-5-13-26/h3-23H,1-2H3/i8D,9D,17D,18D,20D,22D,23D. The third-order valence-corrected chi connectivity index (χ3v) is 7.84. The van der Waals surface area contributed by atoms with Crippen LogP contribution in [0.1, 0.15) is 34.6 Å². The average Bonchev–Trinajstić information content (AvgIpc) is 3.40. The van der Waals surface area contributed by atoms with E-state index in [9.17, 15) is 2.74 Å². The van der Waals surface area contributed by atoms with E-state index in [0.29, 0.717) is 11.1 Å². The Morgan fingerprint density at radius 3 is 2.28 bits per heavy atom. The van der Waals surface area contributed by atoms with E-state index in [1.807, 2.05) is 60.7 Å². The Kier molecular flexibility index (Phi) is 3.36. The lowest BCUT2D eigenvalue weighted by atomic mass is 9.75. The lowest BCUT2D eigenvalue weighted by molar-refractivity contribution is 0.418. The molecule has 2 heteroatoms. The van der Waals surface area contributed by atoms with Gasteiger partial charge < -0.3 is 9.30 Å². The molecule has 0 atom stereocenters. The molecule has 2 nitrogen and oxygen atoms in total. The van der Waals surface area contributed by atoms with Crippen LogP contribution in [0.4, 0.5) is 0 Å². The molecular weight excluding hydrogens is 474 g/mol. The Bertz CT molecular complexity index is 2450. The minimum Gasteiger partial charge on any atom is -0.457 e. The Hall–Kier alpha value is -4.82.